The number of nitrogens with zero attached hydrogens (tertiary/aromatic N) is 3. The third-order valence-corrected chi connectivity index (χ3v) is 3.59. The molecule has 3 rings (SSSR count). The van der Waals surface area contributed by atoms with E-state index < -0.39 is 4.92 Å². The van der Waals surface area contributed by atoms with Gasteiger partial charge in [0.15, 0.2) is 5.69 Å². The molecule has 0 bridgehead atoms. The van der Waals surface area contributed by atoms with Crippen LogP contribution in [-0.4, -0.2) is 21.8 Å². The summed E-state index contributed by atoms with van der Waals surface area (Å²) in [6, 6.07) is 14.8. The molecule has 116 valence electrons. The van der Waals surface area contributed by atoms with Crippen molar-refractivity contribution in [3.63, 3.8) is 0 Å². The summed E-state index contributed by atoms with van der Waals surface area (Å²) in [6.07, 6.45) is 1.28. The standard InChI is InChI=1S/C17H15N3O3/c1-12-3-7-14(8-4-12)19-17(16(11-18-19)20(21)22)13-5-9-15(23-2)10-6-13/h3-11H,1-2H3. The molecule has 6 heteroatoms. The molecule has 0 amide bonds. The molecule has 3 aromatic rings. The first-order valence-corrected chi connectivity index (χ1v) is 7.04. The highest BCUT2D eigenvalue weighted by molar-refractivity contribution is 5.72. The van der Waals surface area contributed by atoms with Crippen molar-refractivity contribution >= 4 is 5.69 Å². The Labute approximate surface area is 133 Å². The van der Waals surface area contributed by atoms with Crippen molar-refractivity contribution in [2.75, 3.05) is 7.11 Å². The van der Waals surface area contributed by atoms with Crippen LogP contribution in [0.1, 0.15) is 5.56 Å². The van der Waals surface area contributed by atoms with Gasteiger partial charge in [-0.1, -0.05) is 17.7 Å². The summed E-state index contributed by atoms with van der Waals surface area (Å²) in [5.74, 6) is 0.692. The number of ether oxygens (including phenoxy) is 1. The lowest BCUT2D eigenvalue weighted by Gasteiger charge is -2.08. The second kappa shape index (κ2) is 5.92. The fraction of sp³-hybridized carbons (Fsp3) is 0.118. The summed E-state index contributed by atoms with van der Waals surface area (Å²) >= 11 is 0. The summed E-state index contributed by atoms with van der Waals surface area (Å²) in [5, 5.41) is 15.5. The first-order valence-electron chi connectivity index (χ1n) is 7.04. The number of hydrogen-bond donors (Lipinski definition) is 0. The van der Waals surface area contributed by atoms with E-state index in [-0.39, 0.29) is 5.69 Å². The largest absolute Gasteiger partial charge is 0.497 e. The van der Waals surface area contributed by atoms with Crippen LogP contribution >= 0.6 is 0 Å². The minimum Gasteiger partial charge on any atom is -0.497 e. The van der Waals surface area contributed by atoms with Crippen LogP contribution in [0.5, 0.6) is 5.75 Å². The van der Waals surface area contributed by atoms with Crippen molar-refractivity contribution in [3.8, 4) is 22.7 Å². The van der Waals surface area contributed by atoms with Crippen molar-refractivity contribution in [1.29, 1.82) is 0 Å². The first kappa shape index (κ1) is 14.8. The third kappa shape index (κ3) is 2.78. The van der Waals surface area contributed by atoms with E-state index in [4.69, 9.17) is 4.74 Å². The van der Waals surface area contributed by atoms with Gasteiger partial charge >= 0.3 is 5.69 Å². The summed E-state index contributed by atoms with van der Waals surface area (Å²) in [6.45, 7) is 1.99. The first-order chi connectivity index (χ1) is 11.1. The van der Waals surface area contributed by atoms with Crippen molar-refractivity contribution in [2.45, 2.75) is 6.92 Å². The zero-order chi connectivity index (χ0) is 16.4. The number of nitro groups is 1. The molecule has 1 heterocycles. The molecule has 0 unspecified atom stereocenters. The van der Waals surface area contributed by atoms with E-state index in [1.54, 1.807) is 36.1 Å². The van der Waals surface area contributed by atoms with E-state index in [1.807, 2.05) is 31.2 Å². The van der Waals surface area contributed by atoms with Crippen molar-refractivity contribution < 1.29 is 9.66 Å². The Morgan fingerprint density at radius 3 is 2.30 bits per heavy atom. The Morgan fingerprint density at radius 2 is 1.74 bits per heavy atom. The average molecular weight is 309 g/mol. The number of methoxy groups -OCH3 is 1. The van der Waals surface area contributed by atoms with Gasteiger partial charge < -0.3 is 4.74 Å². The maximum absolute atomic E-state index is 11.3. The topological polar surface area (TPSA) is 70.2 Å². The van der Waals surface area contributed by atoms with E-state index in [2.05, 4.69) is 5.10 Å². The van der Waals surface area contributed by atoms with Gasteiger partial charge in [-0.15, -0.1) is 0 Å². The SMILES string of the molecule is COc1ccc(-c2c([N+](=O)[O-])cnn2-c2ccc(C)cc2)cc1. The van der Waals surface area contributed by atoms with Gasteiger partial charge in [0.1, 0.15) is 11.9 Å². The Balaban J connectivity index is 2.17. The minimum absolute atomic E-state index is 0.0317. The van der Waals surface area contributed by atoms with Gasteiger partial charge in [0, 0.05) is 5.56 Å². The highest BCUT2D eigenvalue weighted by atomic mass is 16.6. The molecule has 0 aliphatic carbocycles. The smallest absolute Gasteiger partial charge is 0.315 e. The lowest BCUT2D eigenvalue weighted by Crippen LogP contribution is -2.00. The molecule has 0 N–H and O–H groups in total. The fourth-order valence-electron chi connectivity index (χ4n) is 2.37. The van der Waals surface area contributed by atoms with Crippen LogP contribution in [0, 0.1) is 17.0 Å². The van der Waals surface area contributed by atoms with Crippen LogP contribution in [-0.2, 0) is 0 Å². The van der Waals surface area contributed by atoms with Crippen LogP contribution in [0.2, 0.25) is 0 Å². The van der Waals surface area contributed by atoms with Gasteiger partial charge in [-0.25, -0.2) is 4.68 Å². The van der Waals surface area contributed by atoms with Gasteiger partial charge in [0.2, 0.25) is 0 Å². The molecular formula is C17H15N3O3. The average Bonchev–Trinajstić information content (AvgIpc) is 3.01. The summed E-state index contributed by atoms with van der Waals surface area (Å²) in [7, 11) is 1.58. The summed E-state index contributed by atoms with van der Waals surface area (Å²) < 4.78 is 6.72. The molecule has 6 nitrogen and oxygen atoms in total. The lowest BCUT2D eigenvalue weighted by atomic mass is 10.1. The van der Waals surface area contributed by atoms with E-state index in [1.165, 1.54) is 6.20 Å². The van der Waals surface area contributed by atoms with Crippen molar-refractivity contribution in [1.82, 2.24) is 9.78 Å². The molecule has 23 heavy (non-hydrogen) atoms. The number of aryl methyl sites for hydroxylation is 1. The monoisotopic (exact) mass is 309 g/mol. The Morgan fingerprint density at radius 1 is 1.09 bits per heavy atom. The lowest BCUT2D eigenvalue weighted by molar-refractivity contribution is -0.384. The maximum atomic E-state index is 11.3. The minimum atomic E-state index is -0.419. The van der Waals surface area contributed by atoms with Crippen LogP contribution in [0.4, 0.5) is 5.69 Å². The Kier molecular flexibility index (Phi) is 3.80. The molecule has 2 aromatic carbocycles. The highest BCUT2D eigenvalue weighted by Crippen LogP contribution is 2.32. The van der Waals surface area contributed by atoms with Gasteiger partial charge in [-0.2, -0.15) is 5.10 Å². The van der Waals surface area contributed by atoms with Gasteiger partial charge in [0.25, 0.3) is 0 Å². The fourth-order valence-corrected chi connectivity index (χ4v) is 2.37. The van der Waals surface area contributed by atoms with Crippen LogP contribution in [0.15, 0.2) is 54.7 Å². The molecule has 0 fully saturated rings. The number of benzene rings is 2. The Hall–Kier alpha value is -3.15. The summed E-state index contributed by atoms with van der Waals surface area (Å²) in [4.78, 5) is 10.9. The predicted molar refractivity (Wildman–Crippen MR) is 86.9 cm³/mol. The van der Waals surface area contributed by atoms with E-state index in [0.717, 1.165) is 11.3 Å². The zero-order valence-electron chi connectivity index (χ0n) is 12.8. The number of rotatable bonds is 4. The molecule has 0 spiro atoms. The van der Waals surface area contributed by atoms with Crippen LogP contribution < -0.4 is 4.74 Å². The summed E-state index contributed by atoms with van der Waals surface area (Å²) in [5.41, 5.74) is 3.00. The molecule has 0 saturated carbocycles. The molecule has 0 atom stereocenters. The molecule has 0 saturated heterocycles. The number of hydrogen-bond acceptors (Lipinski definition) is 4. The molecule has 1 aromatic heterocycles. The van der Waals surface area contributed by atoms with Crippen LogP contribution in [0.3, 0.4) is 0 Å². The highest BCUT2D eigenvalue weighted by Gasteiger charge is 2.23. The zero-order valence-corrected chi connectivity index (χ0v) is 12.8. The second-order valence-electron chi connectivity index (χ2n) is 5.11. The van der Waals surface area contributed by atoms with Crippen molar-refractivity contribution in [2.24, 2.45) is 0 Å². The maximum Gasteiger partial charge on any atom is 0.315 e. The quantitative estimate of drug-likeness (QED) is 0.543. The number of aromatic nitrogens is 2. The third-order valence-electron chi connectivity index (χ3n) is 3.59. The van der Waals surface area contributed by atoms with E-state index in [0.29, 0.717) is 17.0 Å². The molecule has 0 radical (unpaired) electrons. The van der Waals surface area contributed by atoms with E-state index >= 15 is 0 Å². The predicted octanol–water partition coefficient (Wildman–Crippen LogP) is 3.76. The van der Waals surface area contributed by atoms with Crippen LogP contribution in [0.25, 0.3) is 16.9 Å². The van der Waals surface area contributed by atoms with Gasteiger partial charge in [-0.3, -0.25) is 10.1 Å². The molecule has 0 aliphatic heterocycles. The Bertz CT molecular complexity index is 837. The molecule has 0 aliphatic rings. The molecular weight excluding hydrogens is 294 g/mol. The second-order valence-corrected chi connectivity index (χ2v) is 5.11. The normalized spacial score (nSPS) is 10.5. The van der Waals surface area contributed by atoms with Gasteiger partial charge in [-0.05, 0) is 43.3 Å². The van der Waals surface area contributed by atoms with E-state index in [9.17, 15) is 10.1 Å². The van der Waals surface area contributed by atoms with Crippen molar-refractivity contribution in [3.05, 3.63) is 70.4 Å². The van der Waals surface area contributed by atoms with Gasteiger partial charge in [0.05, 0.1) is 17.7 Å².